The van der Waals surface area contributed by atoms with Gasteiger partial charge in [-0.05, 0) is 29.3 Å². The van der Waals surface area contributed by atoms with E-state index in [9.17, 15) is 0 Å². The van der Waals surface area contributed by atoms with Crippen molar-refractivity contribution in [2.45, 2.75) is 13.1 Å². The summed E-state index contributed by atoms with van der Waals surface area (Å²) < 4.78 is 10.4. The van der Waals surface area contributed by atoms with E-state index < -0.39 is 0 Å². The van der Waals surface area contributed by atoms with Crippen LogP contribution in [0, 0.1) is 11.3 Å². The molecule has 5 heteroatoms. The van der Waals surface area contributed by atoms with Crippen molar-refractivity contribution in [3.8, 4) is 17.7 Å². The number of nitrogens with one attached hydrogen (secondary N) is 1. The number of rotatable bonds is 7. The first-order valence-corrected chi connectivity index (χ1v) is 6.60. The number of pyridine rings is 1. The van der Waals surface area contributed by atoms with Gasteiger partial charge in [-0.25, -0.2) is 4.98 Å². The topological polar surface area (TPSA) is 67.2 Å². The number of hydrogen-bond donors (Lipinski definition) is 1. The minimum absolute atomic E-state index is 0.0632. The fourth-order valence-electron chi connectivity index (χ4n) is 1.88. The molecule has 0 radical (unpaired) electrons. The molecule has 1 aromatic heterocycles. The van der Waals surface area contributed by atoms with E-state index in [1.165, 1.54) is 0 Å². The molecule has 0 saturated heterocycles. The minimum Gasteiger partial charge on any atom is -0.481 e. The van der Waals surface area contributed by atoms with Crippen molar-refractivity contribution in [1.82, 2.24) is 10.3 Å². The van der Waals surface area contributed by atoms with Gasteiger partial charge in [0, 0.05) is 25.4 Å². The quantitative estimate of drug-likeness (QED) is 0.844. The number of nitriles is 1. The zero-order valence-electron chi connectivity index (χ0n) is 11.9. The summed E-state index contributed by atoms with van der Waals surface area (Å²) in [5.74, 6) is 1.32. The van der Waals surface area contributed by atoms with Gasteiger partial charge >= 0.3 is 0 Å². The molecule has 1 aromatic carbocycles. The number of benzene rings is 1. The van der Waals surface area contributed by atoms with Crippen molar-refractivity contribution in [3.63, 3.8) is 0 Å². The molecule has 21 heavy (non-hydrogen) atoms. The lowest BCUT2D eigenvalue weighted by Crippen LogP contribution is -2.12. The van der Waals surface area contributed by atoms with Crippen molar-refractivity contribution in [2.75, 3.05) is 13.7 Å². The molecule has 0 unspecified atom stereocenters. The maximum Gasteiger partial charge on any atom is 0.213 e. The van der Waals surface area contributed by atoms with Crippen LogP contribution in [0.25, 0.3) is 0 Å². The van der Waals surface area contributed by atoms with Crippen LogP contribution in [0.1, 0.15) is 11.1 Å². The van der Waals surface area contributed by atoms with Crippen LogP contribution < -0.4 is 14.8 Å². The van der Waals surface area contributed by atoms with Gasteiger partial charge in [-0.15, -0.1) is 0 Å². The molecule has 5 nitrogen and oxygen atoms in total. The Bertz CT molecular complexity index is 623. The largest absolute Gasteiger partial charge is 0.481 e. The Morgan fingerprint density at radius 2 is 2.00 bits per heavy atom. The first kappa shape index (κ1) is 14.8. The summed E-state index contributed by atoms with van der Waals surface area (Å²) in [5, 5.41) is 11.9. The highest BCUT2D eigenvalue weighted by atomic mass is 16.5. The van der Waals surface area contributed by atoms with Crippen LogP contribution in [0.5, 0.6) is 11.6 Å². The van der Waals surface area contributed by atoms with Crippen LogP contribution >= 0.6 is 0 Å². The molecule has 1 heterocycles. The Hall–Kier alpha value is -2.58. The zero-order valence-corrected chi connectivity index (χ0v) is 11.9. The van der Waals surface area contributed by atoms with Gasteiger partial charge in [0.05, 0.1) is 7.11 Å². The summed E-state index contributed by atoms with van der Waals surface area (Å²) >= 11 is 0. The number of hydrogen-bond acceptors (Lipinski definition) is 5. The monoisotopic (exact) mass is 283 g/mol. The van der Waals surface area contributed by atoms with Crippen LogP contribution in [0.15, 0.2) is 42.6 Å². The third kappa shape index (κ3) is 4.79. The molecule has 0 aliphatic heterocycles. The van der Waals surface area contributed by atoms with Crippen molar-refractivity contribution < 1.29 is 9.47 Å². The fourth-order valence-corrected chi connectivity index (χ4v) is 1.88. The lowest BCUT2D eigenvalue weighted by atomic mass is 10.2. The minimum atomic E-state index is 0.0632. The molecule has 0 spiro atoms. The average Bonchev–Trinajstić information content (AvgIpc) is 2.53. The van der Waals surface area contributed by atoms with E-state index in [0.29, 0.717) is 18.2 Å². The van der Waals surface area contributed by atoms with Crippen LogP contribution in [0.3, 0.4) is 0 Å². The zero-order chi connectivity index (χ0) is 14.9. The van der Waals surface area contributed by atoms with E-state index in [-0.39, 0.29) is 6.61 Å². The van der Waals surface area contributed by atoms with Gasteiger partial charge in [0.15, 0.2) is 6.61 Å². The molecule has 0 aliphatic carbocycles. The Morgan fingerprint density at radius 3 is 2.76 bits per heavy atom. The van der Waals surface area contributed by atoms with Crippen molar-refractivity contribution in [1.29, 1.82) is 5.26 Å². The van der Waals surface area contributed by atoms with E-state index in [2.05, 4.69) is 10.3 Å². The lowest BCUT2D eigenvalue weighted by molar-refractivity contribution is 0.367. The van der Waals surface area contributed by atoms with Crippen LogP contribution in [0.4, 0.5) is 0 Å². The van der Waals surface area contributed by atoms with Gasteiger partial charge in [0.2, 0.25) is 5.88 Å². The van der Waals surface area contributed by atoms with E-state index in [1.807, 2.05) is 42.5 Å². The second-order valence-electron chi connectivity index (χ2n) is 4.40. The standard InChI is InChI=1S/C16H17N3O2/c1-20-16-10-14(5-7-19-16)12-18-11-13-3-2-4-15(9-13)21-8-6-17/h2-5,7,9-10,18H,8,11-12H2,1H3. The molecule has 0 bridgehead atoms. The smallest absolute Gasteiger partial charge is 0.213 e. The number of nitrogens with zero attached hydrogens (tertiary/aromatic N) is 2. The van der Waals surface area contributed by atoms with E-state index in [0.717, 1.165) is 17.7 Å². The van der Waals surface area contributed by atoms with Crippen LogP contribution in [0.2, 0.25) is 0 Å². The molecular weight excluding hydrogens is 266 g/mol. The van der Waals surface area contributed by atoms with Crippen molar-refractivity contribution in [3.05, 3.63) is 53.7 Å². The second-order valence-corrected chi connectivity index (χ2v) is 4.40. The van der Waals surface area contributed by atoms with Gasteiger partial charge in [-0.3, -0.25) is 0 Å². The summed E-state index contributed by atoms with van der Waals surface area (Å²) in [6.07, 6.45) is 1.73. The van der Waals surface area contributed by atoms with Crippen LogP contribution in [-0.2, 0) is 13.1 Å². The SMILES string of the molecule is COc1cc(CNCc2cccc(OCC#N)c2)ccn1. The number of methoxy groups -OCH3 is 1. The molecule has 0 saturated carbocycles. The molecule has 1 N–H and O–H groups in total. The predicted molar refractivity (Wildman–Crippen MR) is 78.9 cm³/mol. The fraction of sp³-hybridized carbons (Fsp3) is 0.250. The Morgan fingerprint density at radius 1 is 1.19 bits per heavy atom. The highest BCUT2D eigenvalue weighted by Crippen LogP contribution is 2.13. The maximum absolute atomic E-state index is 8.50. The molecule has 108 valence electrons. The summed E-state index contributed by atoms with van der Waals surface area (Å²) in [5.41, 5.74) is 2.21. The summed E-state index contributed by atoms with van der Waals surface area (Å²) in [6.45, 7) is 1.50. The number of aromatic nitrogens is 1. The first-order valence-electron chi connectivity index (χ1n) is 6.60. The third-order valence-corrected chi connectivity index (χ3v) is 2.87. The van der Waals surface area contributed by atoms with E-state index in [1.54, 1.807) is 13.3 Å². The van der Waals surface area contributed by atoms with E-state index in [4.69, 9.17) is 14.7 Å². The van der Waals surface area contributed by atoms with Gasteiger partial charge in [0.25, 0.3) is 0 Å². The summed E-state index contributed by atoms with van der Waals surface area (Å²) in [6, 6.07) is 13.5. The Kier molecular flexibility index (Phi) is 5.56. The Labute approximate surface area is 124 Å². The van der Waals surface area contributed by atoms with Gasteiger partial charge in [0.1, 0.15) is 11.8 Å². The normalized spacial score (nSPS) is 9.90. The maximum atomic E-state index is 8.50. The highest BCUT2D eigenvalue weighted by Gasteiger charge is 1.99. The summed E-state index contributed by atoms with van der Waals surface area (Å²) in [7, 11) is 1.60. The summed E-state index contributed by atoms with van der Waals surface area (Å²) in [4.78, 5) is 4.07. The molecular formula is C16H17N3O2. The van der Waals surface area contributed by atoms with Gasteiger partial charge in [-0.2, -0.15) is 5.26 Å². The molecule has 2 aromatic rings. The second kappa shape index (κ2) is 7.88. The predicted octanol–water partition coefficient (Wildman–Crippen LogP) is 2.28. The van der Waals surface area contributed by atoms with Crippen molar-refractivity contribution in [2.24, 2.45) is 0 Å². The molecule has 0 aliphatic rings. The molecule has 2 rings (SSSR count). The molecule has 0 atom stereocenters. The van der Waals surface area contributed by atoms with E-state index >= 15 is 0 Å². The average molecular weight is 283 g/mol. The number of ether oxygens (including phenoxy) is 2. The van der Waals surface area contributed by atoms with Gasteiger partial charge < -0.3 is 14.8 Å². The highest BCUT2D eigenvalue weighted by molar-refractivity contribution is 5.29. The Balaban J connectivity index is 1.86. The van der Waals surface area contributed by atoms with Gasteiger partial charge in [-0.1, -0.05) is 12.1 Å². The first-order chi connectivity index (χ1) is 10.3. The van der Waals surface area contributed by atoms with Crippen molar-refractivity contribution >= 4 is 0 Å². The van der Waals surface area contributed by atoms with Crippen LogP contribution in [-0.4, -0.2) is 18.7 Å². The molecule has 0 fully saturated rings. The third-order valence-electron chi connectivity index (χ3n) is 2.87. The molecule has 0 amide bonds. The lowest BCUT2D eigenvalue weighted by Gasteiger charge is -2.08.